The van der Waals surface area contributed by atoms with Crippen LogP contribution in [0.25, 0.3) is 0 Å². The van der Waals surface area contributed by atoms with E-state index >= 15 is 0 Å². The van der Waals surface area contributed by atoms with Crippen LogP contribution in [0.1, 0.15) is 29.5 Å². The minimum atomic E-state index is 0.132. The zero-order chi connectivity index (χ0) is 12.7. The first kappa shape index (κ1) is 12.9. The van der Waals surface area contributed by atoms with E-state index in [2.05, 4.69) is 68.3 Å². The molecule has 2 aromatic rings. The van der Waals surface area contributed by atoms with E-state index in [1.807, 2.05) is 0 Å². The maximum absolute atomic E-state index is 6.40. The normalized spacial score (nSPS) is 23.9. The lowest BCUT2D eigenvalue weighted by molar-refractivity contribution is 0.615. The van der Waals surface area contributed by atoms with Gasteiger partial charge in [0.2, 0.25) is 0 Å². The van der Waals surface area contributed by atoms with Gasteiger partial charge in [-0.3, -0.25) is 0 Å². The summed E-state index contributed by atoms with van der Waals surface area (Å²) in [5, 5.41) is 0. The van der Waals surface area contributed by atoms with Gasteiger partial charge < -0.3 is 5.73 Å². The predicted molar refractivity (Wildman–Crippen MR) is 83.9 cm³/mol. The fraction of sp³-hybridized carbons (Fsp3) is 0.286. The molecule has 3 rings (SSSR count). The molecule has 2 N–H and O–H groups in total. The van der Waals surface area contributed by atoms with Gasteiger partial charge in [0.05, 0.1) is 7.57 Å². The SMILES string of the molecule is NC(c1cc(Br)sc1Br)C1CC1c1ccccc1. The van der Waals surface area contributed by atoms with Crippen molar-refractivity contribution in [2.75, 3.05) is 0 Å². The Morgan fingerprint density at radius 2 is 1.94 bits per heavy atom. The maximum atomic E-state index is 6.40. The summed E-state index contributed by atoms with van der Waals surface area (Å²) in [5.41, 5.74) is 9.05. The van der Waals surface area contributed by atoms with Gasteiger partial charge in [-0.15, -0.1) is 11.3 Å². The quantitative estimate of drug-likeness (QED) is 0.782. The van der Waals surface area contributed by atoms with Crippen molar-refractivity contribution in [3.63, 3.8) is 0 Å². The lowest BCUT2D eigenvalue weighted by Gasteiger charge is -2.10. The zero-order valence-electron chi connectivity index (χ0n) is 9.64. The summed E-state index contributed by atoms with van der Waals surface area (Å²) in [6.07, 6.45) is 1.20. The molecule has 1 heterocycles. The molecular formula is C14H13Br2NS. The van der Waals surface area contributed by atoms with E-state index in [1.165, 1.54) is 17.5 Å². The van der Waals surface area contributed by atoms with Gasteiger partial charge >= 0.3 is 0 Å². The Balaban J connectivity index is 1.77. The second-order valence-electron chi connectivity index (χ2n) is 4.72. The lowest BCUT2D eigenvalue weighted by Crippen LogP contribution is -2.13. The van der Waals surface area contributed by atoms with Crippen LogP contribution in [0.3, 0.4) is 0 Å². The van der Waals surface area contributed by atoms with Gasteiger partial charge in [-0.2, -0.15) is 0 Å². The maximum Gasteiger partial charge on any atom is 0.0758 e. The molecule has 3 atom stereocenters. The minimum Gasteiger partial charge on any atom is -0.324 e. The average molecular weight is 387 g/mol. The number of hydrogen-bond donors (Lipinski definition) is 1. The Morgan fingerprint density at radius 1 is 1.22 bits per heavy atom. The molecule has 0 spiro atoms. The van der Waals surface area contributed by atoms with Gasteiger partial charge in [0.25, 0.3) is 0 Å². The number of nitrogens with two attached hydrogens (primary N) is 1. The topological polar surface area (TPSA) is 26.0 Å². The molecule has 4 heteroatoms. The van der Waals surface area contributed by atoms with Gasteiger partial charge in [-0.1, -0.05) is 30.3 Å². The number of rotatable bonds is 3. The van der Waals surface area contributed by atoms with Crippen LogP contribution in [0.2, 0.25) is 0 Å². The first-order valence-corrected chi connectivity index (χ1v) is 8.32. The van der Waals surface area contributed by atoms with E-state index in [1.54, 1.807) is 11.3 Å². The molecule has 0 bridgehead atoms. The number of halogens is 2. The molecule has 1 aliphatic carbocycles. The third-order valence-electron chi connectivity index (χ3n) is 3.57. The summed E-state index contributed by atoms with van der Waals surface area (Å²) in [6, 6.07) is 13.0. The van der Waals surface area contributed by atoms with Crippen molar-refractivity contribution in [2.24, 2.45) is 11.7 Å². The van der Waals surface area contributed by atoms with Crippen LogP contribution in [0, 0.1) is 5.92 Å². The van der Waals surface area contributed by atoms with Crippen molar-refractivity contribution < 1.29 is 0 Å². The van der Waals surface area contributed by atoms with E-state index < -0.39 is 0 Å². The molecule has 0 amide bonds. The number of hydrogen-bond acceptors (Lipinski definition) is 2. The second-order valence-corrected chi connectivity index (χ2v) is 8.47. The Labute approximate surface area is 128 Å². The van der Waals surface area contributed by atoms with Crippen LogP contribution in [0.5, 0.6) is 0 Å². The molecule has 3 unspecified atom stereocenters. The smallest absolute Gasteiger partial charge is 0.0758 e. The highest BCUT2D eigenvalue weighted by Crippen LogP contribution is 2.54. The van der Waals surface area contributed by atoms with Gasteiger partial charge in [0.1, 0.15) is 0 Å². The highest BCUT2D eigenvalue weighted by molar-refractivity contribution is 9.12. The number of benzene rings is 1. The van der Waals surface area contributed by atoms with Crippen molar-refractivity contribution in [3.8, 4) is 0 Å². The van der Waals surface area contributed by atoms with Gasteiger partial charge in [-0.25, -0.2) is 0 Å². The zero-order valence-corrected chi connectivity index (χ0v) is 13.6. The molecule has 1 nitrogen and oxygen atoms in total. The molecule has 1 aliphatic rings. The summed E-state index contributed by atoms with van der Waals surface area (Å²) in [5.74, 6) is 1.21. The second kappa shape index (κ2) is 5.08. The summed E-state index contributed by atoms with van der Waals surface area (Å²) in [6.45, 7) is 0. The van der Waals surface area contributed by atoms with Crippen molar-refractivity contribution in [2.45, 2.75) is 18.4 Å². The van der Waals surface area contributed by atoms with Crippen LogP contribution in [0.15, 0.2) is 44.0 Å². The molecular weight excluding hydrogens is 374 g/mol. The molecule has 1 saturated carbocycles. The largest absolute Gasteiger partial charge is 0.324 e. The van der Waals surface area contributed by atoms with E-state index in [0.717, 1.165) is 7.57 Å². The Hall–Kier alpha value is -0.160. The van der Waals surface area contributed by atoms with E-state index in [4.69, 9.17) is 5.73 Å². The van der Waals surface area contributed by atoms with Gasteiger partial charge in [-0.05, 0) is 67.3 Å². The van der Waals surface area contributed by atoms with Crippen LogP contribution in [-0.4, -0.2) is 0 Å². The van der Waals surface area contributed by atoms with Crippen LogP contribution >= 0.6 is 43.2 Å². The number of thiophene rings is 1. The van der Waals surface area contributed by atoms with Crippen LogP contribution in [-0.2, 0) is 0 Å². The summed E-state index contributed by atoms with van der Waals surface area (Å²) in [4.78, 5) is 0. The van der Waals surface area contributed by atoms with Crippen LogP contribution in [0.4, 0.5) is 0 Å². The lowest BCUT2D eigenvalue weighted by atomic mass is 10.0. The Bertz CT molecular complexity index is 552. The highest BCUT2D eigenvalue weighted by atomic mass is 79.9. The van der Waals surface area contributed by atoms with E-state index in [-0.39, 0.29) is 6.04 Å². The molecule has 0 aliphatic heterocycles. The standard InChI is InChI=1S/C14H13Br2NS/c15-12-7-11(14(16)18-12)13(17)10-6-9(10)8-4-2-1-3-5-8/h1-5,7,9-10,13H,6,17H2. The summed E-state index contributed by atoms with van der Waals surface area (Å²) in [7, 11) is 0. The van der Waals surface area contributed by atoms with E-state index in [9.17, 15) is 0 Å². The van der Waals surface area contributed by atoms with E-state index in [0.29, 0.717) is 11.8 Å². The fourth-order valence-corrected chi connectivity index (χ4v) is 5.46. The molecule has 1 aromatic heterocycles. The first-order valence-electron chi connectivity index (χ1n) is 5.92. The fourth-order valence-electron chi connectivity index (χ4n) is 2.51. The van der Waals surface area contributed by atoms with Crippen molar-refractivity contribution in [1.29, 1.82) is 0 Å². The predicted octanol–water partition coefficient (Wildman–Crippen LogP) is 5.08. The van der Waals surface area contributed by atoms with Gasteiger partial charge in [0.15, 0.2) is 0 Å². The monoisotopic (exact) mass is 385 g/mol. The third kappa shape index (κ3) is 2.44. The summed E-state index contributed by atoms with van der Waals surface area (Å²) < 4.78 is 2.29. The molecule has 0 radical (unpaired) electrons. The molecule has 18 heavy (non-hydrogen) atoms. The third-order valence-corrected chi connectivity index (χ3v) is 5.96. The van der Waals surface area contributed by atoms with Crippen molar-refractivity contribution in [1.82, 2.24) is 0 Å². The summed E-state index contributed by atoms with van der Waals surface area (Å²) >= 11 is 8.81. The minimum absolute atomic E-state index is 0.132. The first-order chi connectivity index (χ1) is 8.66. The molecule has 1 fully saturated rings. The average Bonchev–Trinajstić information content (AvgIpc) is 3.10. The van der Waals surface area contributed by atoms with Crippen molar-refractivity contribution in [3.05, 3.63) is 55.1 Å². The van der Waals surface area contributed by atoms with Crippen molar-refractivity contribution >= 4 is 43.2 Å². The Kier molecular flexibility index (Phi) is 3.63. The molecule has 1 aromatic carbocycles. The van der Waals surface area contributed by atoms with Crippen LogP contribution < -0.4 is 5.73 Å². The van der Waals surface area contributed by atoms with Gasteiger partial charge in [0, 0.05) is 6.04 Å². The highest BCUT2D eigenvalue weighted by Gasteiger charge is 2.43. The molecule has 94 valence electrons. The molecule has 0 saturated heterocycles. The Morgan fingerprint density at radius 3 is 2.56 bits per heavy atom.